The van der Waals surface area contributed by atoms with Crippen LogP contribution in [0.25, 0.3) is 0 Å². The molecule has 0 heterocycles. The molecule has 26 heavy (non-hydrogen) atoms. The number of rotatable bonds is 7. The Morgan fingerprint density at radius 3 is 2.38 bits per heavy atom. The molecule has 134 valence electrons. The van der Waals surface area contributed by atoms with Gasteiger partial charge in [0.1, 0.15) is 5.82 Å². The summed E-state index contributed by atoms with van der Waals surface area (Å²) in [6, 6.07) is 10.7. The van der Waals surface area contributed by atoms with Crippen LogP contribution in [0.1, 0.15) is 22.3 Å². The van der Waals surface area contributed by atoms with Crippen molar-refractivity contribution in [2.75, 3.05) is 6.54 Å². The minimum atomic E-state index is -0.557. The van der Waals surface area contributed by atoms with Gasteiger partial charge in [-0.2, -0.15) is 5.10 Å². The fraction of sp³-hybridized carbons (Fsp3) is 0.118. The van der Waals surface area contributed by atoms with E-state index in [4.69, 9.17) is 0 Å². The van der Waals surface area contributed by atoms with E-state index in [-0.39, 0.29) is 30.0 Å². The maximum absolute atomic E-state index is 12.7. The lowest BCUT2D eigenvalue weighted by atomic mass is 10.2. The summed E-state index contributed by atoms with van der Waals surface area (Å²) < 4.78 is 12.7. The van der Waals surface area contributed by atoms with Crippen molar-refractivity contribution in [3.8, 4) is 0 Å². The Morgan fingerprint density at radius 2 is 1.77 bits per heavy atom. The zero-order valence-corrected chi connectivity index (χ0v) is 13.5. The van der Waals surface area contributed by atoms with Gasteiger partial charge in [-0.05, 0) is 29.8 Å². The van der Waals surface area contributed by atoms with Gasteiger partial charge in [0, 0.05) is 30.7 Å². The Kier molecular flexibility index (Phi) is 6.49. The molecular formula is C17H15FN4O4. The van der Waals surface area contributed by atoms with E-state index < -0.39 is 16.7 Å². The second-order valence-electron chi connectivity index (χ2n) is 5.15. The van der Waals surface area contributed by atoms with Gasteiger partial charge >= 0.3 is 0 Å². The minimum Gasteiger partial charge on any atom is -0.352 e. The van der Waals surface area contributed by atoms with Crippen LogP contribution in [-0.4, -0.2) is 29.5 Å². The third-order valence-corrected chi connectivity index (χ3v) is 3.25. The molecule has 8 nitrogen and oxygen atoms in total. The van der Waals surface area contributed by atoms with Crippen molar-refractivity contribution >= 4 is 23.7 Å². The Morgan fingerprint density at radius 1 is 1.12 bits per heavy atom. The number of nitrogens with one attached hydrogen (secondary N) is 2. The zero-order chi connectivity index (χ0) is 18.9. The Hall–Kier alpha value is -3.62. The first-order valence-corrected chi connectivity index (χ1v) is 7.56. The molecule has 0 saturated heterocycles. The van der Waals surface area contributed by atoms with E-state index in [0.29, 0.717) is 5.56 Å². The number of benzene rings is 2. The average Bonchev–Trinajstić information content (AvgIpc) is 2.63. The lowest BCUT2D eigenvalue weighted by molar-refractivity contribution is -0.384. The lowest BCUT2D eigenvalue weighted by Crippen LogP contribution is -2.29. The molecular weight excluding hydrogens is 343 g/mol. The summed E-state index contributed by atoms with van der Waals surface area (Å²) in [4.78, 5) is 33.5. The lowest BCUT2D eigenvalue weighted by Gasteiger charge is -2.04. The molecule has 9 heteroatoms. The number of nitro groups is 1. The highest BCUT2D eigenvalue weighted by molar-refractivity contribution is 5.94. The van der Waals surface area contributed by atoms with Crippen molar-refractivity contribution in [1.29, 1.82) is 0 Å². The topological polar surface area (TPSA) is 114 Å². The number of hydrogen-bond donors (Lipinski definition) is 2. The highest BCUT2D eigenvalue weighted by atomic mass is 19.1. The monoisotopic (exact) mass is 358 g/mol. The normalized spacial score (nSPS) is 10.5. The van der Waals surface area contributed by atoms with Crippen molar-refractivity contribution in [1.82, 2.24) is 10.7 Å². The van der Waals surface area contributed by atoms with Crippen LogP contribution < -0.4 is 10.7 Å². The molecule has 0 aliphatic carbocycles. The van der Waals surface area contributed by atoms with Crippen molar-refractivity contribution in [2.45, 2.75) is 6.42 Å². The zero-order valence-electron chi connectivity index (χ0n) is 13.5. The third kappa shape index (κ3) is 5.78. The molecule has 2 aromatic carbocycles. The Labute approximate surface area is 147 Å². The second-order valence-corrected chi connectivity index (χ2v) is 5.15. The van der Waals surface area contributed by atoms with E-state index in [1.54, 1.807) is 0 Å². The van der Waals surface area contributed by atoms with Crippen LogP contribution in [0.15, 0.2) is 53.6 Å². The first kappa shape index (κ1) is 18.7. The number of amides is 2. The predicted molar refractivity (Wildman–Crippen MR) is 92.2 cm³/mol. The molecule has 2 amide bonds. The van der Waals surface area contributed by atoms with Gasteiger partial charge in [0.25, 0.3) is 11.6 Å². The van der Waals surface area contributed by atoms with Gasteiger partial charge in [0.15, 0.2) is 0 Å². The van der Waals surface area contributed by atoms with Crippen molar-refractivity contribution in [3.63, 3.8) is 0 Å². The number of nitrogens with zero attached hydrogens (tertiary/aromatic N) is 2. The van der Waals surface area contributed by atoms with E-state index in [2.05, 4.69) is 15.8 Å². The van der Waals surface area contributed by atoms with Crippen LogP contribution >= 0.6 is 0 Å². The van der Waals surface area contributed by atoms with Gasteiger partial charge in [-0.3, -0.25) is 19.7 Å². The first-order valence-electron chi connectivity index (χ1n) is 7.56. The van der Waals surface area contributed by atoms with Crippen LogP contribution in [0.3, 0.4) is 0 Å². The predicted octanol–water partition coefficient (Wildman–Crippen LogP) is 2.00. The fourth-order valence-electron chi connectivity index (χ4n) is 1.91. The molecule has 0 saturated carbocycles. The number of halogens is 1. The van der Waals surface area contributed by atoms with Gasteiger partial charge in [0.2, 0.25) is 5.91 Å². The summed E-state index contributed by atoms with van der Waals surface area (Å²) >= 11 is 0. The number of carbonyl (C=O) groups is 2. The summed E-state index contributed by atoms with van der Waals surface area (Å²) in [5.41, 5.74) is 3.06. The second kappa shape index (κ2) is 9.02. The summed E-state index contributed by atoms with van der Waals surface area (Å²) in [6.07, 6.45) is 1.37. The minimum absolute atomic E-state index is 0.000517. The Balaban J connectivity index is 1.72. The van der Waals surface area contributed by atoms with Gasteiger partial charge in [-0.25, -0.2) is 9.82 Å². The number of nitro benzene ring substituents is 1. The van der Waals surface area contributed by atoms with E-state index in [1.165, 1.54) is 54.7 Å². The van der Waals surface area contributed by atoms with Gasteiger partial charge in [-0.15, -0.1) is 0 Å². The summed E-state index contributed by atoms with van der Waals surface area (Å²) in [7, 11) is 0. The SMILES string of the molecule is O=C(CCNC(=O)c1ccc([N+](=O)[O-])cc1)N/N=C/c1ccc(F)cc1. The number of non-ortho nitro benzene ring substituents is 1. The van der Waals surface area contributed by atoms with Crippen LogP contribution in [0.4, 0.5) is 10.1 Å². The molecule has 0 bridgehead atoms. The molecule has 0 fully saturated rings. The first-order chi connectivity index (χ1) is 12.5. The molecule has 0 atom stereocenters. The van der Waals surface area contributed by atoms with Crippen molar-refractivity contribution < 1.29 is 18.9 Å². The molecule has 0 aliphatic heterocycles. The van der Waals surface area contributed by atoms with Gasteiger partial charge in [0.05, 0.1) is 11.1 Å². The maximum Gasteiger partial charge on any atom is 0.269 e. The fourth-order valence-corrected chi connectivity index (χ4v) is 1.91. The largest absolute Gasteiger partial charge is 0.352 e. The van der Waals surface area contributed by atoms with Crippen LogP contribution in [-0.2, 0) is 4.79 Å². The molecule has 2 N–H and O–H groups in total. The number of carbonyl (C=O) groups excluding carboxylic acids is 2. The summed E-state index contributed by atoms with van der Waals surface area (Å²) in [6.45, 7) is 0.0771. The standard InChI is InChI=1S/C17H15FN4O4/c18-14-5-1-12(2-6-14)11-20-21-16(23)9-10-19-17(24)13-3-7-15(8-4-13)22(25)26/h1-8,11H,9-10H2,(H,19,24)(H,21,23)/b20-11+. The number of hydrogen-bond acceptors (Lipinski definition) is 5. The molecule has 0 spiro atoms. The summed E-state index contributed by atoms with van der Waals surface area (Å²) in [5, 5.41) is 16.8. The highest BCUT2D eigenvalue weighted by Gasteiger charge is 2.09. The van der Waals surface area contributed by atoms with Crippen LogP contribution in [0, 0.1) is 15.9 Å². The van der Waals surface area contributed by atoms with Crippen molar-refractivity contribution in [3.05, 3.63) is 75.6 Å². The highest BCUT2D eigenvalue weighted by Crippen LogP contribution is 2.11. The Bertz CT molecular complexity index is 820. The molecule has 2 rings (SSSR count). The maximum atomic E-state index is 12.7. The number of hydrazone groups is 1. The van der Waals surface area contributed by atoms with Gasteiger partial charge in [-0.1, -0.05) is 12.1 Å². The average molecular weight is 358 g/mol. The third-order valence-electron chi connectivity index (χ3n) is 3.25. The molecule has 0 aromatic heterocycles. The van der Waals surface area contributed by atoms with Crippen LogP contribution in [0.5, 0.6) is 0 Å². The van der Waals surface area contributed by atoms with Crippen LogP contribution in [0.2, 0.25) is 0 Å². The summed E-state index contributed by atoms with van der Waals surface area (Å²) in [5.74, 6) is -1.22. The smallest absolute Gasteiger partial charge is 0.269 e. The van der Waals surface area contributed by atoms with E-state index in [1.807, 2.05) is 0 Å². The van der Waals surface area contributed by atoms with E-state index >= 15 is 0 Å². The van der Waals surface area contributed by atoms with E-state index in [9.17, 15) is 24.1 Å². The molecule has 0 aliphatic rings. The van der Waals surface area contributed by atoms with Gasteiger partial charge < -0.3 is 5.32 Å². The molecule has 0 unspecified atom stereocenters. The van der Waals surface area contributed by atoms with E-state index in [0.717, 1.165) is 0 Å². The van der Waals surface area contributed by atoms with Crippen molar-refractivity contribution in [2.24, 2.45) is 5.10 Å². The molecule has 0 radical (unpaired) electrons. The molecule has 2 aromatic rings. The quantitative estimate of drug-likeness (QED) is 0.448.